The minimum absolute atomic E-state index is 0.0662. The van der Waals surface area contributed by atoms with Gasteiger partial charge in [0.25, 0.3) is 5.91 Å². The van der Waals surface area contributed by atoms with Crippen molar-refractivity contribution < 1.29 is 9.90 Å². The van der Waals surface area contributed by atoms with Crippen molar-refractivity contribution >= 4 is 23.3 Å². The highest BCUT2D eigenvalue weighted by Gasteiger charge is 2.27. The number of carbonyl (C=O) groups excluding carboxylic acids is 1. The zero-order chi connectivity index (χ0) is 14.8. The second-order valence-corrected chi connectivity index (χ2v) is 5.84. The number of nitrogens with one attached hydrogen (secondary N) is 1. The highest BCUT2D eigenvalue weighted by atomic mass is 35.5. The van der Waals surface area contributed by atoms with Crippen LogP contribution in [-0.4, -0.2) is 46.6 Å². The van der Waals surface area contributed by atoms with E-state index in [-0.39, 0.29) is 5.91 Å². The first-order valence-electron chi connectivity index (χ1n) is 6.78. The van der Waals surface area contributed by atoms with Crippen LogP contribution in [0.1, 0.15) is 36.5 Å². The molecule has 6 heteroatoms. The number of hydrogen-bond donors (Lipinski definition) is 2. The number of carbonyl (C=O) groups is 1. The van der Waals surface area contributed by atoms with Crippen LogP contribution in [0.3, 0.4) is 0 Å². The van der Waals surface area contributed by atoms with Crippen LogP contribution in [0.2, 0.25) is 5.15 Å². The van der Waals surface area contributed by atoms with E-state index in [0.29, 0.717) is 36.0 Å². The Morgan fingerprint density at radius 3 is 2.90 bits per heavy atom. The Balaban J connectivity index is 2.16. The lowest BCUT2D eigenvalue weighted by molar-refractivity contribution is 0.0438. The molecule has 1 amide bonds. The Kier molecular flexibility index (Phi) is 4.50. The van der Waals surface area contributed by atoms with Crippen molar-refractivity contribution in [2.75, 3.05) is 25.5 Å². The van der Waals surface area contributed by atoms with E-state index >= 15 is 0 Å². The van der Waals surface area contributed by atoms with Gasteiger partial charge in [-0.2, -0.15) is 0 Å². The Morgan fingerprint density at radius 1 is 1.45 bits per heavy atom. The summed E-state index contributed by atoms with van der Waals surface area (Å²) in [6.07, 6.45) is 2.11. The lowest BCUT2D eigenvalue weighted by atomic mass is 9.98. The van der Waals surface area contributed by atoms with Gasteiger partial charge < -0.3 is 15.3 Å². The molecular weight excluding hydrogens is 278 g/mol. The summed E-state index contributed by atoms with van der Waals surface area (Å²) in [6.45, 7) is 3.04. The van der Waals surface area contributed by atoms with Crippen LogP contribution in [0.25, 0.3) is 0 Å². The van der Waals surface area contributed by atoms with Crippen molar-refractivity contribution in [3.8, 4) is 0 Å². The molecule has 0 bridgehead atoms. The molecule has 1 unspecified atom stereocenters. The Hall–Kier alpha value is -1.33. The molecule has 2 N–H and O–H groups in total. The molecule has 1 fully saturated rings. The van der Waals surface area contributed by atoms with E-state index in [0.717, 1.165) is 12.8 Å². The molecule has 0 aliphatic carbocycles. The summed E-state index contributed by atoms with van der Waals surface area (Å²) in [5.41, 5.74) is -0.156. The van der Waals surface area contributed by atoms with Gasteiger partial charge in [-0.25, -0.2) is 4.98 Å². The van der Waals surface area contributed by atoms with Gasteiger partial charge in [-0.1, -0.05) is 11.6 Å². The molecule has 5 nitrogen and oxygen atoms in total. The van der Waals surface area contributed by atoms with Crippen LogP contribution in [0.15, 0.2) is 12.1 Å². The van der Waals surface area contributed by atoms with Crippen molar-refractivity contribution in [1.82, 2.24) is 9.88 Å². The molecule has 1 saturated heterocycles. The first kappa shape index (κ1) is 15.1. The molecule has 0 radical (unpaired) electrons. The summed E-state index contributed by atoms with van der Waals surface area (Å²) in [5, 5.41) is 13.3. The number of aliphatic hydroxyl groups is 1. The number of nitrogens with zero attached hydrogens (tertiary/aromatic N) is 2. The number of rotatable bonds is 2. The maximum Gasteiger partial charge on any atom is 0.254 e. The molecule has 0 spiro atoms. The van der Waals surface area contributed by atoms with Gasteiger partial charge in [0.15, 0.2) is 0 Å². The predicted molar refractivity (Wildman–Crippen MR) is 79.2 cm³/mol. The fourth-order valence-corrected chi connectivity index (χ4v) is 2.61. The highest BCUT2D eigenvalue weighted by Crippen LogP contribution is 2.23. The van der Waals surface area contributed by atoms with Crippen molar-refractivity contribution in [1.29, 1.82) is 0 Å². The average Bonchev–Trinajstić information content (AvgIpc) is 2.58. The molecule has 1 atom stereocenters. The molecule has 0 aromatic carbocycles. The van der Waals surface area contributed by atoms with Crippen LogP contribution < -0.4 is 5.32 Å². The summed E-state index contributed by atoms with van der Waals surface area (Å²) < 4.78 is 0. The number of halogens is 1. The number of amides is 1. The third kappa shape index (κ3) is 3.61. The molecule has 1 aromatic heterocycles. The van der Waals surface area contributed by atoms with Gasteiger partial charge in [0.2, 0.25) is 0 Å². The molecule has 1 aliphatic rings. The van der Waals surface area contributed by atoms with Gasteiger partial charge in [0, 0.05) is 25.7 Å². The molecule has 1 aromatic rings. The van der Waals surface area contributed by atoms with Crippen LogP contribution in [0.5, 0.6) is 0 Å². The van der Waals surface area contributed by atoms with Crippen molar-refractivity contribution in [3.05, 3.63) is 22.8 Å². The number of pyridine rings is 1. The van der Waals surface area contributed by atoms with Gasteiger partial charge in [-0.15, -0.1) is 0 Å². The van der Waals surface area contributed by atoms with E-state index < -0.39 is 5.60 Å². The third-order valence-corrected chi connectivity index (χ3v) is 3.84. The molecule has 0 saturated carbocycles. The lowest BCUT2D eigenvalue weighted by Gasteiger charge is -2.22. The Labute approximate surface area is 123 Å². The molecular formula is C14H20ClN3O2. The van der Waals surface area contributed by atoms with Crippen LogP contribution in [0.4, 0.5) is 5.82 Å². The van der Waals surface area contributed by atoms with E-state index in [1.807, 2.05) is 6.92 Å². The standard InChI is InChI=1S/C14H20ClN3O2/c1-14(20)4-3-6-18(7-5-14)13(19)10-8-11(15)17-12(9-10)16-2/h8-9,20H,3-7H2,1-2H3,(H,16,17). The van der Waals surface area contributed by atoms with Crippen molar-refractivity contribution in [2.45, 2.75) is 31.8 Å². The number of anilines is 1. The second kappa shape index (κ2) is 5.97. The maximum absolute atomic E-state index is 12.5. The smallest absolute Gasteiger partial charge is 0.254 e. The van der Waals surface area contributed by atoms with Crippen molar-refractivity contribution in [3.63, 3.8) is 0 Å². The first-order chi connectivity index (χ1) is 9.41. The minimum Gasteiger partial charge on any atom is -0.390 e. The summed E-state index contributed by atoms with van der Waals surface area (Å²) in [7, 11) is 1.73. The SMILES string of the molecule is CNc1cc(C(=O)N2CCCC(C)(O)CC2)cc(Cl)n1. The first-order valence-corrected chi connectivity index (χ1v) is 7.16. The van der Waals surface area contributed by atoms with Gasteiger partial charge in [-0.05, 0) is 38.3 Å². The molecule has 1 aliphatic heterocycles. The average molecular weight is 298 g/mol. The number of likely N-dealkylation sites (tertiary alicyclic amines) is 1. The normalized spacial score (nSPS) is 23.3. The van der Waals surface area contributed by atoms with E-state index in [1.165, 1.54) is 0 Å². The van der Waals surface area contributed by atoms with Gasteiger partial charge in [-0.3, -0.25) is 4.79 Å². The largest absolute Gasteiger partial charge is 0.390 e. The monoisotopic (exact) mass is 297 g/mol. The second-order valence-electron chi connectivity index (χ2n) is 5.46. The molecule has 2 rings (SSSR count). The zero-order valence-corrected chi connectivity index (χ0v) is 12.6. The van der Waals surface area contributed by atoms with Gasteiger partial charge >= 0.3 is 0 Å². The fraction of sp³-hybridized carbons (Fsp3) is 0.571. The fourth-order valence-electron chi connectivity index (χ4n) is 2.40. The van der Waals surface area contributed by atoms with E-state index in [1.54, 1.807) is 24.1 Å². The summed E-state index contributed by atoms with van der Waals surface area (Å²) in [6, 6.07) is 3.27. The van der Waals surface area contributed by atoms with Crippen LogP contribution in [0, 0.1) is 0 Å². The zero-order valence-electron chi connectivity index (χ0n) is 11.8. The summed E-state index contributed by atoms with van der Waals surface area (Å²) in [4.78, 5) is 18.3. The Bertz CT molecular complexity index is 505. The quantitative estimate of drug-likeness (QED) is 0.821. The molecule has 20 heavy (non-hydrogen) atoms. The maximum atomic E-state index is 12.5. The van der Waals surface area contributed by atoms with Gasteiger partial charge in [0.1, 0.15) is 11.0 Å². The highest BCUT2D eigenvalue weighted by molar-refractivity contribution is 6.29. The number of aromatic nitrogens is 1. The lowest BCUT2D eigenvalue weighted by Crippen LogP contribution is -2.33. The third-order valence-electron chi connectivity index (χ3n) is 3.65. The summed E-state index contributed by atoms with van der Waals surface area (Å²) >= 11 is 5.93. The van der Waals surface area contributed by atoms with Crippen molar-refractivity contribution in [2.24, 2.45) is 0 Å². The summed E-state index contributed by atoms with van der Waals surface area (Å²) in [5.74, 6) is 0.506. The van der Waals surface area contributed by atoms with Crippen LogP contribution >= 0.6 is 11.6 Å². The molecule has 110 valence electrons. The van der Waals surface area contributed by atoms with Crippen LogP contribution in [-0.2, 0) is 0 Å². The minimum atomic E-state index is -0.680. The number of hydrogen-bond acceptors (Lipinski definition) is 4. The van der Waals surface area contributed by atoms with E-state index in [2.05, 4.69) is 10.3 Å². The molecule has 2 heterocycles. The Morgan fingerprint density at radius 2 is 2.20 bits per heavy atom. The van der Waals surface area contributed by atoms with E-state index in [4.69, 9.17) is 11.6 Å². The van der Waals surface area contributed by atoms with E-state index in [9.17, 15) is 9.90 Å². The van der Waals surface area contributed by atoms with Gasteiger partial charge in [0.05, 0.1) is 5.60 Å². The topological polar surface area (TPSA) is 65.5 Å². The predicted octanol–water partition coefficient (Wildman–Crippen LogP) is 2.15.